The summed E-state index contributed by atoms with van der Waals surface area (Å²) in [6.07, 6.45) is 9.11. The Kier molecular flexibility index (Phi) is 4.54. The van der Waals surface area contributed by atoms with Crippen LogP contribution in [0.3, 0.4) is 0 Å². The molecule has 2 aliphatic rings. The summed E-state index contributed by atoms with van der Waals surface area (Å²) in [6.45, 7) is 1.68. The Morgan fingerprint density at radius 1 is 1.12 bits per heavy atom. The summed E-state index contributed by atoms with van der Waals surface area (Å²) in [5.41, 5.74) is 1.80. The van der Waals surface area contributed by atoms with E-state index in [1.165, 1.54) is 25.7 Å². The van der Waals surface area contributed by atoms with Gasteiger partial charge in [0.2, 0.25) is 5.91 Å². The molecule has 0 N–H and O–H groups in total. The molecule has 1 saturated heterocycles. The fourth-order valence-electron chi connectivity index (χ4n) is 4.23. The zero-order valence-electron chi connectivity index (χ0n) is 14.2. The van der Waals surface area contributed by atoms with E-state index >= 15 is 0 Å². The standard InChI is InChI=1S/C20H26N2O2/c23-19(10-9-15-5-1-2-6-15)22-13-11-16(12-14-22)20-21-17-7-3-4-8-18(17)24-20/h3-4,7-8,15-16H,1-2,5-6,9-14H2. The second-order valence-electron chi connectivity index (χ2n) is 7.36. The summed E-state index contributed by atoms with van der Waals surface area (Å²) in [6, 6.07) is 7.92. The van der Waals surface area contributed by atoms with Gasteiger partial charge < -0.3 is 9.32 Å². The van der Waals surface area contributed by atoms with E-state index in [4.69, 9.17) is 4.42 Å². The van der Waals surface area contributed by atoms with Crippen molar-refractivity contribution in [1.29, 1.82) is 0 Å². The molecule has 0 unspecified atom stereocenters. The number of aromatic nitrogens is 1. The first-order valence-corrected chi connectivity index (χ1v) is 9.43. The van der Waals surface area contributed by atoms with E-state index in [0.29, 0.717) is 11.8 Å². The third kappa shape index (κ3) is 3.33. The number of hydrogen-bond acceptors (Lipinski definition) is 3. The van der Waals surface area contributed by atoms with Crippen molar-refractivity contribution < 1.29 is 9.21 Å². The Hall–Kier alpha value is -1.84. The van der Waals surface area contributed by atoms with Crippen molar-refractivity contribution >= 4 is 17.0 Å². The number of benzene rings is 1. The van der Waals surface area contributed by atoms with Crippen molar-refractivity contribution in [1.82, 2.24) is 9.88 Å². The molecule has 1 aliphatic heterocycles. The summed E-state index contributed by atoms with van der Waals surface area (Å²) in [5, 5.41) is 0. The Morgan fingerprint density at radius 2 is 1.88 bits per heavy atom. The molecule has 1 aromatic heterocycles. The minimum absolute atomic E-state index is 0.344. The van der Waals surface area contributed by atoms with Gasteiger partial charge in [0.15, 0.2) is 11.5 Å². The van der Waals surface area contributed by atoms with Crippen LogP contribution >= 0.6 is 0 Å². The summed E-state index contributed by atoms with van der Waals surface area (Å²) in [5.74, 6) is 2.33. The number of hydrogen-bond donors (Lipinski definition) is 0. The molecule has 24 heavy (non-hydrogen) atoms. The molecule has 2 aromatic rings. The number of carbonyl (C=O) groups is 1. The number of amides is 1. The van der Waals surface area contributed by atoms with E-state index < -0.39 is 0 Å². The number of carbonyl (C=O) groups excluding carboxylic acids is 1. The summed E-state index contributed by atoms with van der Waals surface area (Å²) < 4.78 is 5.90. The molecule has 2 fully saturated rings. The average Bonchev–Trinajstić information content (AvgIpc) is 3.29. The van der Waals surface area contributed by atoms with Gasteiger partial charge in [-0.2, -0.15) is 0 Å². The fraction of sp³-hybridized carbons (Fsp3) is 0.600. The molecule has 2 heterocycles. The first kappa shape index (κ1) is 15.7. The molecular weight excluding hydrogens is 300 g/mol. The van der Waals surface area contributed by atoms with Crippen LogP contribution in [0.5, 0.6) is 0 Å². The Labute approximate surface area is 143 Å². The van der Waals surface area contributed by atoms with Crippen molar-refractivity contribution in [3.05, 3.63) is 30.2 Å². The van der Waals surface area contributed by atoms with Gasteiger partial charge in [0, 0.05) is 25.4 Å². The lowest BCUT2D eigenvalue weighted by Crippen LogP contribution is -2.38. The highest BCUT2D eigenvalue weighted by Crippen LogP contribution is 2.31. The SMILES string of the molecule is O=C(CCC1CCCC1)N1CCC(c2nc3ccccc3o2)CC1. The van der Waals surface area contributed by atoms with Gasteiger partial charge in [-0.3, -0.25) is 4.79 Å². The van der Waals surface area contributed by atoms with E-state index in [1.54, 1.807) is 0 Å². The molecule has 1 amide bonds. The van der Waals surface area contributed by atoms with Crippen LogP contribution in [-0.2, 0) is 4.79 Å². The summed E-state index contributed by atoms with van der Waals surface area (Å²) in [4.78, 5) is 19.1. The highest BCUT2D eigenvalue weighted by atomic mass is 16.3. The molecule has 1 aliphatic carbocycles. The van der Waals surface area contributed by atoms with Gasteiger partial charge in [-0.15, -0.1) is 0 Å². The molecular formula is C20H26N2O2. The number of nitrogens with zero attached hydrogens (tertiary/aromatic N) is 2. The molecule has 0 bridgehead atoms. The van der Waals surface area contributed by atoms with Crippen LogP contribution in [-0.4, -0.2) is 28.9 Å². The molecule has 4 rings (SSSR count). The lowest BCUT2D eigenvalue weighted by Gasteiger charge is -2.31. The van der Waals surface area contributed by atoms with Crippen LogP contribution in [0.2, 0.25) is 0 Å². The van der Waals surface area contributed by atoms with Crippen LogP contribution in [0.1, 0.15) is 63.2 Å². The minimum Gasteiger partial charge on any atom is -0.440 e. The van der Waals surface area contributed by atoms with Crippen LogP contribution in [0.15, 0.2) is 28.7 Å². The van der Waals surface area contributed by atoms with Gasteiger partial charge in [-0.25, -0.2) is 4.98 Å². The van der Waals surface area contributed by atoms with Gasteiger partial charge >= 0.3 is 0 Å². The maximum atomic E-state index is 12.4. The minimum atomic E-state index is 0.344. The van der Waals surface area contributed by atoms with Crippen molar-refractivity contribution in [2.75, 3.05) is 13.1 Å². The van der Waals surface area contributed by atoms with Gasteiger partial charge in [0.1, 0.15) is 5.52 Å². The normalized spacial score (nSPS) is 20.1. The molecule has 4 heteroatoms. The smallest absolute Gasteiger partial charge is 0.222 e. The topological polar surface area (TPSA) is 46.3 Å². The quantitative estimate of drug-likeness (QED) is 0.831. The summed E-state index contributed by atoms with van der Waals surface area (Å²) in [7, 11) is 0. The van der Waals surface area contributed by atoms with Crippen molar-refractivity contribution in [3.63, 3.8) is 0 Å². The second kappa shape index (κ2) is 6.96. The number of para-hydroxylation sites is 2. The Morgan fingerprint density at radius 3 is 2.62 bits per heavy atom. The molecule has 0 radical (unpaired) electrons. The zero-order valence-corrected chi connectivity index (χ0v) is 14.2. The predicted octanol–water partition coefficient (Wildman–Crippen LogP) is 4.50. The highest BCUT2D eigenvalue weighted by Gasteiger charge is 2.27. The van der Waals surface area contributed by atoms with E-state index in [0.717, 1.165) is 61.7 Å². The molecule has 0 atom stereocenters. The second-order valence-corrected chi connectivity index (χ2v) is 7.36. The third-order valence-electron chi connectivity index (χ3n) is 5.75. The molecule has 1 saturated carbocycles. The van der Waals surface area contributed by atoms with Crippen LogP contribution in [0.25, 0.3) is 11.1 Å². The monoisotopic (exact) mass is 326 g/mol. The first-order chi connectivity index (χ1) is 11.8. The van der Waals surface area contributed by atoms with Gasteiger partial charge in [-0.05, 0) is 37.3 Å². The molecule has 4 nitrogen and oxygen atoms in total. The number of likely N-dealkylation sites (tertiary alicyclic amines) is 1. The van der Waals surface area contributed by atoms with Gasteiger partial charge in [-0.1, -0.05) is 37.8 Å². The first-order valence-electron chi connectivity index (χ1n) is 9.43. The largest absolute Gasteiger partial charge is 0.440 e. The summed E-state index contributed by atoms with van der Waals surface area (Å²) >= 11 is 0. The lowest BCUT2D eigenvalue weighted by atomic mass is 9.95. The van der Waals surface area contributed by atoms with Gasteiger partial charge in [0.05, 0.1) is 0 Å². The maximum absolute atomic E-state index is 12.4. The Bertz CT molecular complexity index is 661. The molecule has 128 valence electrons. The third-order valence-corrected chi connectivity index (χ3v) is 5.75. The predicted molar refractivity (Wildman–Crippen MR) is 93.8 cm³/mol. The number of fused-ring (bicyclic) bond motifs is 1. The number of oxazole rings is 1. The highest BCUT2D eigenvalue weighted by molar-refractivity contribution is 5.76. The van der Waals surface area contributed by atoms with E-state index in [1.807, 2.05) is 29.2 Å². The van der Waals surface area contributed by atoms with Gasteiger partial charge in [0.25, 0.3) is 0 Å². The maximum Gasteiger partial charge on any atom is 0.222 e. The Balaban J connectivity index is 1.30. The van der Waals surface area contributed by atoms with E-state index in [-0.39, 0.29) is 0 Å². The van der Waals surface area contributed by atoms with E-state index in [2.05, 4.69) is 4.98 Å². The lowest BCUT2D eigenvalue weighted by molar-refractivity contribution is -0.132. The fourth-order valence-corrected chi connectivity index (χ4v) is 4.23. The van der Waals surface area contributed by atoms with Crippen molar-refractivity contribution in [2.45, 2.75) is 57.3 Å². The van der Waals surface area contributed by atoms with Crippen LogP contribution in [0.4, 0.5) is 0 Å². The molecule has 1 aromatic carbocycles. The van der Waals surface area contributed by atoms with E-state index in [9.17, 15) is 4.79 Å². The average molecular weight is 326 g/mol. The van der Waals surface area contributed by atoms with Crippen molar-refractivity contribution in [3.8, 4) is 0 Å². The molecule has 0 spiro atoms. The van der Waals surface area contributed by atoms with Crippen molar-refractivity contribution in [2.24, 2.45) is 5.92 Å². The van der Waals surface area contributed by atoms with Crippen LogP contribution < -0.4 is 0 Å². The zero-order chi connectivity index (χ0) is 16.4. The van der Waals surface area contributed by atoms with Crippen LogP contribution in [0, 0.1) is 5.92 Å². The number of rotatable bonds is 4. The number of piperidine rings is 1.